The smallest absolute Gasteiger partial charge is 0.163 e. The molecule has 0 amide bonds. The van der Waals surface area contributed by atoms with Crippen LogP contribution in [0.25, 0.3) is 0 Å². The lowest BCUT2D eigenvalue weighted by Gasteiger charge is -2.30. The summed E-state index contributed by atoms with van der Waals surface area (Å²) in [5.41, 5.74) is 5.80. The van der Waals surface area contributed by atoms with E-state index in [-0.39, 0.29) is 17.7 Å². The summed E-state index contributed by atoms with van der Waals surface area (Å²) in [6, 6.07) is 23.8. The van der Waals surface area contributed by atoms with E-state index in [9.17, 15) is 4.79 Å². The highest BCUT2D eigenvalue weighted by atomic mass is 16.5. The zero-order valence-corrected chi connectivity index (χ0v) is 18.2. The number of carbonyl (C=O) groups is 1. The van der Waals surface area contributed by atoms with E-state index in [1.165, 1.54) is 0 Å². The second kappa shape index (κ2) is 8.42. The van der Waals surface area contributed by atoms with Gasteiger partial charge in [-0.2, -0.15) is 0 Å². The van der Waals surface area contributed by atoms with Crippen LogP contribution in [0.15, 0.2) is 84.1 Å². The van der Waals surface area contributed by atoms with Gasteiger partial charge >= 0.3 is 0 Å². The molecule has 5 nitrogen and oxygen atoms in total. The number of methoxy groups -OCH3 is 2. The Morgan fingerprint density at radius 2 is 1.59 bits per heavy atom. The minimum absolute atomic E-state index is 0.000450. The first-order valence-electron chi connectivity index (χ1n) is 10.8. The summed E-state index contributed by atoms with van der Waals surface area (Å²) >= 11 is 0. The molecule has 2 aliphatic rings. The predicted octanol–water partition coefficient (Wildman–Crippen LogP) is 5.68. The van der Waals surface area contributed by atoms with Crippen LogP contribution in [0.4, 0.5) is 11.4 Å². The van der Waals surface area contributed by atoms with Crippen LogP contribution in [0.1, 0.15) is 35.9 Å². The highest BCUT2D eigenvalue weighted by Crippen LogP contribution is 2.46. The first kappa shape index (κ1) is 20.2. The standard InChI is InChI=1S/C27H26N2O3/c1-31-19-12-13-25(32-2)20(16-19)18-14-23-26(24(30)15-18)27(17-8-4-3-5-9-17)29-22-11-7-6-10-21(22)28-23/h3-13,16,18,27-29H,14-15H2,1-2H3. The van der Waals surface area contributed by atoms with E-state index in [1.807, 2.05) is 60.7 Å². The molecule has 1 heterocycles. The summed E-state index contributed by atoms with van der Waals surface area (Å²) < 4.78 is 11.1. The Hall–Kier alpha value is -3.73. The van der Waals surface area contributed by atoms with Gasteiger partial charge in [0, 0.05) is 29.2 Å². The van der Waals surface area contributed by atoms with E-state index in [4.69, 9.17) is 9.47 Å². The number of hydrogen-bond acceptors (Lipinski definition) is 5. The zero-order valence-electron chi connectivity index (χ0n) is 18.2. The molecule has 0 aromatic heterocycles. The van der Waals surface area contributed by atoms with Crippen molar-refractivity contribution in [1.82, 2.24) is 0 Å². The normalized spacial score (nSPS) is 19.8. The number of ketones is 1. The van der Waals surface area contributed by atoms with Crippen molar-refractivity contribution in [2.45, 2.75) is 24.8 Å². The molecular weight excluding hydrogens is 400 g/mol. The molecule has 0 fully saturated rings. The van der Waals surface area contributed by atoms with Crippen molar-refractivity contribution in [2.75, 3.05) is 24.9 Å². The summed E-state index contributed by atoms with van der Waals surface area (Å²) in [7, 11) is 3.31. The summed E-state index contributed by atoms with van der Waals surface area (Å²) in [5.74, 6) is 1.68. The first-order chi connectivity index (χ1) is 15.7. The van der Waals surface area contributed by atoms with Crippen LogP contribution in [0.2, 0.25) is 0 Å². The number of para-hydroxylation sites is 2. The van der Waals surface area contributed by atoms with Gasteiger partial charge in [0.15, 0.2) is 5.78 Å². The van der Waals surface area contributed by atoms with Gasteiger partial charge in [-0.1, -0.05) is 42.5 Å². The molecule has 2 N–H and O–H groups in total. The number of anilines is 2. The molecule has 3 aromatic carbocycles. The van der Waals surface area contributed by atoms with Crippen molar-refractivity contribution < 1.29 is 14.3 Å². The third-order valence-corrected chi connectivity index (χ3v) is 6.32. The number of ether oxygens (including phenoxy) is 2. The highest BCUT2D eigenvalue weighted by molar-refractivity contribution is 6.01. The van der Waals surface area contributed by atoms with E-state index in [0.717, 1.165) is 45.3 Å². The van der Waals surface area contributed by atoms with E-state index < -0.39 is 0 Å². The minimum Gasteiger partial charge on any atom is -0.497 e. The fourth-order valence-electron chi connectivity index (χ4n) is 4.77. The number of hydrogen-bond donors (Lipinski definition) is 2. The maximum atomic E-state index is 13.6. The molecule has 2 atom stereocenters. The molecular formula is C27H26N2O3. The molecule has 0 spiro atoms. The Kier molecular flexibility index (Phi) is 5.31. The Morgan fingerprint density at radius 3 is 2.34 bits per heavy atom. The van der Waals surface area contributed by atoms with Gasteiger partial charge in [-0.25, -0.2) is 0 Å². The van der Waals surface area contributed by atoms with Crippen LogP contribution in [0.3, 0.4) is 0 Å². The van der Waals surface area contributed by atoms with E-state index in [0.29, 0.717) is 12.8 Å². The van der Waals surface area contributed by atoms with Gasteiger partial charge in [0.1, 0.15) is 11.5 Å². The molecule has 1 aliphatic heterocycles. The average molecular weight is 427 g/mol. The van der Waals surface area contributed by atoms with Crippen LogP contribution in [0.5, 0.6) is 11.5 Å². The molecule has 162 valence electrons. The van der Waals surface area contributed by atoms with Crippen molar-refractivity contribution >= 4 is 17.2 Å². The predicted molar refractivity (Wildman–Crippen MR) is 126 cm³/mol. The van der Waals surface area contributed by atoms with Crippen LogP contribution in [0, 0.1) is 0 Å². The number of fused-ring (bicyclic) bond motifs is 1. The molecule has 0 bridgehead atoms. The molecule has 3 aromatic rings. The maximum absolute atomic E-state index is 13.6. The summed E-state index contributed by atoms with van der Waals surface area (Å²) in [4.78, 5) is 13.6. The number of allylic oxidation sites excluding steroid dienone is 1. The molecule has 5 heteroatoms. The van der Waals surface area contributed by atoms with Gasteiger partial charge in [-0.05, 0) is 42.3 Å². The Bertz CT molecular complexity index is 1190. The van der Waals surface area contributed by atoms with Gasteiger partial charge in [-0.15, -0.1) is 0 Å². The van der Waals surface area contributed by atoms with Gasteiger partial charge in [-0.3, -0.25) is 4.79 Å². The zero-order chi connectivity index (χ0) is 22.1. The topological polar surface area (TPSA) is 59.6 Å². The Labute approximate surface area is 188 Å². The van der Waals surface area contributed by atoms with Gasteiger partial charge in [0.25, 0.3) is 0 Å². The van der Waals surface area contributed by atoms with Gasteiger partial charge in [0.2, 0.25) is 0 Å². The lowest BCUT2D eigenvalue weighted by atomic mass is 9.78. The van der Waals surface area contributed by atoms with Gasteiger partial charge in [0.05, 0.1) is 31.6 Å². The van der Waals surface area contributed by atoms with Crippen LogP contribution in [-0.2, 0) is 4.79 Å². The SMILES string of the molecule is COc1ccc(OC)c(C2CC(=O)C3=C(C2)Nc2ccccc2NC3c2ccccc2)c1. The van der Waals surface area contributed by atoms with Crippen LogP contribution < -0.4 is 20.1 Å². The highest BCUT2D eigenvalue weighted by Gasteiger charge is 2.36. The first-order valence-corrected chi connectivity index (χ1v) is 10.8. The number of nitrogens with one attached hydrogen (secondary N) is 2. The largest absolute Gasteiger partial charge is 0.497 e. The third kappa shape index (κ3) is 3.60. The Balaban J connectivity index is 1.61. The van der Waals surface area contributed by atoms with Crippen molar-refractivity contribution in [1.29, 1.82) is 0 Å². The number of rotatable bonds is 4. The minimum atomic E-state index is -0.206. The summed E-state index contributed by atoms with van der Waals surface area (Å²) in [5, 5.41) is 7.20. The van der Waals surface area contributed by atoms with Crippen molar-refractivity contribution in [3.63, 3.8) is 0 Å². The maximum Gasteiger partial charge on any atom is 0.163 e. The molecule has 32 heavy (non-hydrogen) atoms. The molecule has 0 saturated carbocycles. The lowest BCUT2D eigenvalue weighted by Crippen LogP contribution is -2.27. The van der Waals surface area contributed by atoms with Crippen LogP contribution >= 0.6 is 0 Å². The monoisotopic (exact) mass is 426 g/mol. The quantitative estimate of drug-likeness (QED) is 0.562. The fourth-order valence-corrected chi connectivity index (χ4v) is 4.77. The lowest BCUT2D eigenvalue weighted by molar-refractivity contribution is -0.116. The van der Waals surface area contributed by atoms with Crippen molar-refractivity contribution in [3.8, 4) is 11.5 Å². The molecule has 2 unspecified atom stereocenters. The summed E-state index contributed by atoms with van der Waals surface area (Å²) in [6.45, 7) is 0. The van der Waals surface area contributed by atoms with Crippen molar-refractivity contribution in [3.05, 3.63) is 95.2 Å². The molecule has 1 aliphatic carbocycles. The fraction of sp³-hybridized carbons (Fsp3) is 0.222. The number of Topliss-reactive ketones (excluding diaryl/α,β-unsaturated/α-hetero) is 1. The average Bonchev–Trinajstić information content (AvgIpc) is 3.01. The molecule has 0 radical (unpaired) electrons. The van der Waals surface area contributed by atoms with E-state index >= 15 is 0 Å². The Morgan fingerprint density at radius 1 is 0.844 bits per heavy atom. The third-order valence-electron chi connectivity index (χ3n) is 6.32. The van der Waals surface area contributed by atoms with E-state index in [2.05, 4.69) is 22.8 Å². The summed E-state index contributed by atoms with van der Waals surface area (Å²) in [6.07, 6.45) is 1.13. The van der Waals surface area contributed by atoms with Gasteiger partial charge < -0.3 is 20.1 Å². The molecule has 0 saturated heterocycles. The van der Waals surface area contributed by atoms with Crippen LogP contribution in [-0.4, -0.2) is 20.0 Å². The van der Waals surface area contributed by atoms with Crippen molar-refractivity contribution in [2.24, 2.45) is 0 Å². The second-order valence-corrected chi connectivity index (χ2v) is 8.19. The molecule has 5 rings (SSSR count). The number of carbonyl (C=O) groups excluding carboxylic acids is 1. The van der Waals surface area contributed by atoms with E-state index in [1.54, 1.807) is 14.2 Å². The second-order valence-electron chi connectivity index (χ2n) is 8.19. The number of benzene rings is 3.